The van der Waals surface area contributed by atoms with E-state index in [1.165, 1.54) is 0 Å². The maximum atomic E-state index is 12.4. The fourth-order valence-corrected chi connectivity index (χ4v) is 2.23. The molecule has 0 radical (unpaired) electrons. The Balaban J connectivity index is 2.07. The molecule has 6 heteroatoms. The third kappa shape index (κ3) is 2.91. The normalized spacial score (nSPS) is 20.1. The van der Waals surface area contributed by atoms with E-state index in [0.29, 0.717) is 5.56 Å². The van der Waals surface area contributed by atoms with Crippen molar-refractivity contribution >= 4 is 11.8 Å². The average Bonchev–Trinajstić information content (AvgIpc) is 2.46. The van der Waals surface area contributed by atoms with E-state index < -0.39 is 6.04 Å². The fraction of sp³-hybridized carbons (Fsp3) is 0.429. The zero-order chi connectivity index (χ0) is 14.7. The van der Waals surface area contributed by atoms with Gasteiger partial charge < -0.3 is 15.3 Å². The van der Waals surface area contributed by atoms with Crippen LogP contribution in [0.1, 0.15) is 18.5 Å². The van der Waals surface area contributed by atoms with Gasteiger partial charge in [-0.3, -0.25) is 14.9 Å². The number of rotatable bonds is 3. The van der Waals surface area contributed by atoms with Crippen LogP contribution in [0.25, 0.3) is 0 Å². The van der Waals surface area contributed by atoms with Crippen molar-refractivity contribution in [3.8, 4) is 5.75 Å². The van der Waals surface area contributed by atoms with Crippen LogP contribution in [0.3, 0.4) is 0 Å². The van der Waals surface area contributed by atoms with Gasteiger partial charge >= 0.3 is 0 Å². The molecular weight excluding hydrogens is 258 g/mol. The number of nitrogens with zero attached hydrogens (tertiary/aromatic N) is 1. The maximum Gasteiger partial charge on any atom is 0.241 e. The fourth-order valence-electron chi connectivity index (χ4n) is 2.23. The van der Waals surface area contributed by atoms with Crippen LogP contribution in [0.5, 0.6) is 5.75 Å². The number of piperazine rings is 1. The third-order valence-electron chi connectivity index (χ3n) is 3.63. The molecule has 0 aromatic heterocycles. The van der Waals surface area contributed by atoms with Gasteiger partial charge in [0, 0.05) is 19.2 Å². The molecule has 20 heavy (non-hydrogen) atoms. The minimum Gasteiger partial charge on any atom is -0.508 e. The first-order valence-electron chi connectivity index (χ1n) is 6.55. The van der Waals surface area contributed by atoms with Crippen molar-refractivity contribution in [1.82, 2.24) is 15.5 Å². The van der Waals surface area contributed by atoms with Crippen molar-refractivity contribution in [1.29, 1.82) is 0 Å². The average molecular weight is 277 g/mol. The van der Waals surface area contributed by atoms with E-state index in [4.69, 9.17) is 0 Å². The summed E-state index contributed by atoms with van der Waals surface area (Å²) in [7, 11) is 1.69. The Morgan fingerprint density at radius 2 is 2.15 bits per heavy atom. The van der Waals surface area contributed by atoms with E-state index in [0.717, 1.165) is 0 Å². The zero-order valence-corrected chi connectivity index (χ0v) is 11.6. The van der Waals surface area contributed by atoms with Crippen molar-refractivity contribution in [2.75, 3.05) is 20.1 Å². The molecule has 2 atom stereocenters. The number of aromatic hydroxyl groups is 1. The predicted molar refractivity (Wildman–Crippen MR) is 74.1 cm³/mol. The highest BCUT2D eigenvalue weighted by Gasteiger charge is 2.29. The first-order valence-corrected chi connectivity index (χ1v) is 6.55. The van der Waals surface area contributed by atoms with Gasteiger partial charge in [0.05, 0.1) is 12.6 Å². The molecule has 2 unspecified atom stereocenters. The van der Waals surface area contributed by atoms with Gasteiger partial charge in [-0.25, -0.2) is 0 Å². The van der Waals surface area contributed by atoms with Crippen molar-refractivity contribution in [3.05, 3.63) is 29.8 Å². The summed E-state index contributed by atoms with van der Waals surface area (Å²) in [5, 5.41) is 15.4. The number of nitrogens with one attached hydrogen (secondary N) is 2. The summed E-state index contributed by atoms with van der Waals surface area (Å²) in [6.07, 6.45) is 0. The summed E-state index contributed by atoms with van der Waals surface area (Å²) < 4.78 is 0. The molecule has 2 amide bonds. The number of hydrogen-bond acceptors (Lipinski definition) is 4. The smallest absolute Gasteiger partial charge is 0.241 e. The van der Waals surface area contributed by atoms with Gasteiger partial charge in [0.2, 0.25) is 11.8 Å². The van der Waals surface area contributed by atoms with Crippen LogP contribution in [0.2, 0.25) is 0 Å². The lowest BCUT2D eigenvalue weighted by atomic mass is 10.0. The van der Waals surface area contributed by atoms with Gasteiger partial charge in [-0.15, -0.1) is 0 Å². The van der Waals surface area contributed by atoms with E-state index in [9.17, 15) is 14.7 Å². The lowest BCUT2D eigenvalue weighted by Gasteiger charge is -2.31. The van der Waals surface area contributed by atoms with Crippen LogP contribution in [0, 0.1) is 0 Å². The summed E-state index contributed by atoms with van der Waals surface area (Å²) in [6, 6.07) is 6.28. The van der Waals surface area contributed by atoms with Crippen LogP contribution in [0.4, 0.5) is 0 Å². The minimum atomic E-state index is -0.425. The monoisotopic (exact) mass is 277 g/mol. The van der Waals surface area contributed by atoms with Crippen LogP contribution < -0.4 is 10.6 Å². The molecule has 1 aliphatic heterocycles. The molecule has 108 valence electrons. The molecule has 1 aromatic rings. The van der Waals surface area contributed by atoms with Crippen LogP contribution in [-0.4, -0.2) is 48.0 Å². The van der Waals surface area contributed by atoms with Gasteiger partial charge in [0.25, 0.3) is 0 Å². The quantitative estimate of drug-likeness (QED) is 0.726. The van der Waals surface area contributed by atoms with Crippen LogP contribution in [0.15, 0.2) is 24.3 Å². The topological polar surface area (TPSA) is 81.7 Å². The number of phenolic OH excluding ortho intramolecular Hbond substituents is 1. The standard InChI is InChI=1S/C14H19N3O3/c1-9(10-5-3-4-6-12(10)18)17(2)14(20)11-7-16-13(19)8-15-11/h3-6,9,11,15,18H,7-8H2,1-2H3,(H,16,19). The van der Waals surface area contributed by atoms with E-state index in [-0.39, 0.29) is 36.7 Å². The Labute approximate surface area is 117 Å². The summed E-state index contributed by atoms with van der Waals surface area (Å²) in [4.78, 5) is 25.0. The molecular formula is C14H19N3O3. The van der Waals surface area contributed by atoms with Crippen molar-refractivity contribution in [3.63, 3.8) is 0 Å². The SMILES string of the molecule is CC(c1ccccc1O)N(C)C(=O)C1CNC(=O)CN1. The molecule has 1 saturated heterocycles. The third-order valence-corrected chi connectivity index (χ3v) is 3.63. The second-order valence-corrected chi connectivity index (χ2v) is 4.92. The van der Waals surface area contributed by atoms with E-state index in [1.54, 1.807) is 30.1 Å². The number of hydrogen-bond donors (Lipinski definition) is 3. The maximum absolute atomic E-state index is 12.4. The van der Waals surface area contributed by atoms with Gasteiger partial charge in [0.1, 0.15) is 11.8 Å². The Bertz CT molecular complexity index is 508. The van der Waals surface area contributed by atoms with Crippen molar-refractivity contribution in [2.45, 2.75) is 19.0 Å². The molecule has 2 rings (SSSR count). The number of phenols is 1. The van der Waals surface area contributed by atoms with E-state index in [1.807, 2.05) is 13.0 Å². The number of carbonyl (C=O) groups is 2. The lowest BCUT2D eigenvalue weighted by Crippen LogP contribution is -2.58. The predicted octanol–water partition coefficient (Wildman–Crippen LogP) is -0.000400. The molecule has 1 aliphatic rings. The first kappa shape index (κ1) is 14.3. The Kier molecular flexibility index (Phi) is 4.24. The van der Waals surface area contributed by atoms with E-state index in [2.05, 4.69) is 10.6 Å². The number of benzene rings is 1. The molecule has 0 spiro atoms. The zero-order valence-electron chi connectivity index (χ0n) is 11.6. The molecule has 1 fully saturated rings. The van der Waals surface area contributed by atoms with Crippen molar-refractivity contribution in [2.24, 2.45) is 0 Å². The van der Waals surface area contributed by atoms with E-state index >= 15 is 0 Å². The second-order valence-electron chi connectivity index (χ2n) is 4.92. The number of amides is 2. The number of carbonyl (C=O) groups excluding carboxylic acids is 2. The van der Waals surface area contributed by atoms with Gasteiger partial charge in [-0.2, -0.15) is 0 Å². The highest BCUT2D eigenvalue weighted by Crippen LogP contribution is 2.27. The van der Waals surface area contributed by atoms with Gasteiger partial charge in [0.15, 0.2) is 0 Å². The Hall–Kier alpha value is -2.08. The minimum absolute atomic E-state index is 0.106. The Morgan fingerprint density at radius 1 is 1.45 bits per heavy atom. The first-order chi connectivity index (χ1) is 9.50. The highest BCUT2D eigenvalue weighted by molar-refractivity contribution is 5.87. The number of para-hydroxylation sites is 1. The molecule has 0 aliphatic carbocycles. The summed E-state index contributed by atoms with van der Waals surface area (Å²) in [5.41, 5.74) is 0.697. The highest BCUT2D eigenvalue weighted by atomic mass is 16.3. The lowest BCUT2D eigenvalue weighted by molar-refractivity contribution is -0.135. The van der Waals surface area contributed by atoms with Gasteiger partial charge in [-0.05, 0) is 13.0 Å². The second kappa shape index (κ2) is 5.92. The van der Waals surface area contributed by atoms with Crippen LogP contribution >= 0.6 is 0 Å². The molecule has 1 heterocycles. The summed E-state index contributed by atoms with van der Waals surface area (Å²) in [6.45, 7) is 2.29. The van der Waals surface area contributed by atoms with Gasteiger partial charge in [-0.1, -0.05) is 18.2 Å². The number of likely N-dealkylation sites (N-methyl/N-ethyl adjacent to an activating group) is 1. The molecule has 3 N–H and O–H groups in total. The molecule has 0 bridgehead atoms. The largest absolute Gasteiger partial charge is 0.508 e. The van der Waals surface area contributed by atoms with Crippen LogP contribution in [-0.2, 0) is 9.59 Å². The molecule has 6 nitrogen and oxygen atoms in total. The molecule has 0 saturated carbocycles. The summed E-state index contributed by atoms with van der Waals surface area (Å²) in [5.74, 6) is -0.0456. The molecule has 1 aromatic carbocycles. The van der Waals surface area contributed by atoms with Crippen molar-refractivity contribution < 1.29 is 14.7 Å². The Morgan fingerprint density at radius 3 is 2.75 bits per heavy atom. The summed E-state index contributed by atoms with van der Waals surface area (Å²) >= 11 is 0.